The van der Waals surface area contributed by atoms with E-state index in [2.05, 4.69) is 42.2 Å². The molecule has 0 radical (unpaired) electrons. The van der Waals surface area contributed by atoms with Gasteiger partial charge in [0, 0.05) is 4.47 Å². The van der Waals surface area contributed by atoms with Gasteiger partial charge in [0.2, 0.25) is 5.91 Å². The van der Waals surface area contributed by atoms with E-state index >= 15 is 0 Å². The number of amides is 1. The average Bonchev–Trinajstić information content (AvgIpc) is 2.63. The number of carbonyl (C=O) groups excluding carboxylic acids is 1. The Bertz CT molecular complexity index is 542. The van der Waals surface area contributed by atoms with Crippen molar-refractivity contribution >= 4 is 54.2 Å². The van der Waals surface area contributed by atoms with Crippen molar-refractivity contribution in [2.75, 3.05) is 5.32 Å². The van der Waals surface area contributed by atoms with Gasteiger partial charge in [-0.1, -0.05) is 39.4 Å². The quantitative estimate of drug-likeness (QED) is 0.885. The Balaban J connectivity index is 1.98. The van der Waals surface area contributed by atoms with Crippen LogP contribution < -0.4 is 5.32 Å². The van der Waals surface area contributed by atoms with E-state index in [-0.39, 0.29) is 5.91 Å². The van der Waals surface area contributed by atoms with Crippen LogP contribution in [0.3, 0.4) is 0 Å². The van der Waals surface area contributed by atoms with Crippen LogP contribution in [0.1, 0.15) is 5.56 Å². The van der Waals surface area contributed by atoms with E-state index in [0.29, 0.717) is 11.6 Å². The first-order valence-corrected chi connectivity index (χ1v) is 7.19. The number of aromatic nitrogens is 1. The molecule has 0 saturated heterocycles. The smallest absolute Gasteiger partial charge is 0.230 e. The van der Waals surface area contributed by atoms with Crippen LogP contribution >= 0.6 is 43.2 Å². The summed E-state index contributed by atoms with van der Waals surface area (Å²) < 4.78 is 1.87. The zero-order valence-corrected chi connectivity index (χ0v) is 12.6. The maximum Gasteiger partial charge on any atom is 0.230 e. The Hall–Kier alpha value is -0.720. The number of halogens is 2. The van der Waals surface area contributed by atoms with Gasteiger partial charge in [0.05, 0.1) is 16.4 Å². The molecule has 0 atom stereocenters. The molecule has 88 valence electrons. The van der Waals surface area contributed by atoms with Crippen molar-refractivity contribution in [2.45, 2.75) is 6.42 Å². The molecule has 1 aromatic carbocycles. The van der Waals surface area contributed by atoms with E-state index in [1.165, 1.54) is 11.3 Å². The molecule has 6 heteroatoms. The molecule has 17 heavy (non-hydrogen) atoms. The third-order valence-electron chi connectivity index (χ3n) is 1.98. The molecule has 0 aliphatic heterocycles. The standard InChI is InChI=1S/C11H8Br2N2OS/c12-8-3-1-2-7(4-8)5-10(16)15-11-14-6-9(13)17-11/h1-4,6H,5H2,(H,14,15,16). The second-order valence-corrected chi connectivity index (χ2v) is 6.65. The molecule has 0 spiro atoms. The molecular formula is C11H8Br2N2OS. The highest BCUT2D eigenvalue weighted by molar-refractivity contribution is 9.11. The molecule has 3 nitrogen and oxygen atoms in total. The molecule has 2 rings (SSSR count). The summed E-state index contributed by atoms with van der Waals surface area (Å²) in [6, 6.07) is 7.69. The molecule has 0 bridgehead atoms. The van der Waals surface area contributed by atoms with Crippen molar-refractivity contribution in [2.24, 2.45) is 0 Å². The number of anilines is 1. The summed E-state index contributed by atoms with van der Waals surface area (Å²) in [5.74, 6) is -0.0649. The molecule has 0 unspecified atom stereocenters. The number of nitrogens with one attached hydrogen (secondary N) is 1. The maximum atomic E-state index is 11.7. The molecule has 0 aliphatic rings. The zero-order valence-electron chi connectivity index (χ0n) is 8.61. The number of thiazole rings is 1. The number of benzene rings is 1. The predicted octanol–water partition coefficient (Wildman–Crippen LogP) is 3.85. The molecular weight excluding hydrogens is 368 g/mol. The minimum absolute atomic E-state index is 0.0649. The number of rotatable bonds is 3. The van der Waals surface area contributed by atoms with Gasteiger partial charge in [-0.15, -0.1) is 0 Å². The van der Waals surface area contributed by atoms with Crippen molar-refractivity contribution in [3.63, 3.8) is 0 Å². The van der Waals surface area contributed by atoms with Crippen molar-refractivity contribution in [1.29, 1.82) is 0 Å². The predicted molar refractivity (Wildman–Crippen MR) is 76.3 cm³/mol. The van der Waals surface area contributed by atoms with Crippen molar-refractivity contribution in [3.05, 3.63) is 44.3 Å². The van der Waals surface area contributed by atoms with E-state index in [4.69, 9.17) is 0 Å². The van der Waals surface area contributed by atoms with Crippen LogP contribution in [0, 0.1) is 0 Å². The van der Waals surface area contributed by atoms with Gasteiger partial charge in [-0.2, -0.15) is 0 Å². The van der Waals surface area contributed by atoms with Gasteiger partial charge in [-0.3, -0.25) is 4.79 Å². The lowest BCUT2D eigenvalue weighted by Crippen LogP contribution is -2.14. The van der Waals surface area contributed by atoms with Crippen LogP contribution in [0.5, 0.6) is 0 Å². The Labute approximate surface area is 120 Å². The first-order valence-electron chi connectivity index (χ1n) is 4.79. The first kappa shape index (κ1) is 12.7. The maximum absolute atomic E-state index is 11.7. The van der Waals surface area contributed by atoms with Gasteiger partial charge in [0.15, 0.2) is 5.13 Å². The van der Waals surface area contributed by atoms with Gasteiger partial charge in [-0.05, 0) is 33.6 Å². The fourth-order valence-electron chi connectivity index (χ4n) is 1.31. The van der Waals surface area contributed by atoms with Gasteiger partial charge in [0.1, 0.15) is 0 Å². The Morgan fingerprint density at radius 3 is 2.88 bits per heavy atom. The third kappa shape index (κ3) is 3.90. The second kappa shape index (κ2) is 5.75. The van der Waals surface area contributed by atoms with E-state index < -0.39 is 0 Å². The number of carbonyl (C=O) groups is 1. The molecule has 2 aromatic rings. The van der Waals surface area contributed by atoms with Gasteiger partial charge < -0.3 is 5.32 Å². The van der Waals surface area contributed by atoms with Gasteiger partial charge in [-0.25, -0.2) is 4.98 Å². The van der Waals surface area contributed by atoms with Crippen LogP contribution in [0.25, 0.3) is 0 Å². The average molecular weight is 376 g/mol. The molecule has 1 heterocycles. The van der Waals surface area contributed by atoms with Crippen molar-refractivity contribution < 1.29 is 4.79 Å². The summed E-state index contributed by atoms with van der Waals surface area (Å²) >= 11 is 8.07. The van der Waals surface area contributed by atoms with Crippen LogP contribution in [-0.4, -0.2) is 10.9 Å². The van der Waals surface area contributed by atoms with Gasteiger partial charge >= 0.3 is 0 Å². The summed E-state index contributed by atoms with van der Waals surface area (Å²) in [6.07, 6.45) is 2.01. The summed E-state index contributed by atoms with van der Waals surface area (Å²) in [5.41, 5.74) is 0.965. The van der Waals surface area contributed by atoms with Crippen LogP contribution in [0.15, 0.2) is 38.7 Å². The molecule has 0 saturated carbocycles. The molecule has 1 N–H and O–H groups in total. The highest BCUT2D eigenvalue weighted by Crippen LogP contribution is 2.23. The van der Waals surface area contributed by atoms with E-state index in [1.54, 1.807) is 6.20 Å². The Kier molecular flexibility index (Phi) is 4.31. The van der Waals surface area contributed by atoms with Crippen LogP contribution in [-0.2, 0) is 11.2 Å². The molecule has 1 aromatic heterocycles. The normalized spacial score (nSPS) is 10.2. The highest BCUT2D eigenvalue weighted by atomic mass is 79.9. The summed E-state index contributed by atoms with van der Waals surface area (Å²) in [5, 5.41) is 3.36. The topological polar surface area (TPSA) is 42.0 Å². The minimum atomic E-state index is -0.0649. The van der Waals surface area contributed by atoms with Crippen molar-refractivity contribution in [1.82, 2.24) is 4.98 Å². The Morgan fingerprint density at radius 2 is 2.24 bits per heavy atom. The lowest BCUT2D eigenvalue weighted by molar-refractivity contribution is -0.115. The fourth-order valence-corrected chi connectivity index (χ4v) is 2.88. The molecule has 1 amide bonds. The largest absolute Gasteiger partial charge is 0.302 e. The number of hydrogen-bond acceptors (Lipinski definition) is 3. The third-order valence-corrected chi connectivity index (χ3v) is 3.86. The van der Waals surface area contributed by atoms with E-state index in [0.717, 1.165) is 13.8 Å². The lowest BCUT2D eigenvalue weighted by Gasteiger charge is -2.02. The van der Waals surface area contributed by atoms with E-state index in [9.17, 15) is 4.79 Å². The number of hydrogen-bond donors (Lipinski definition) is 1. The van der Waals surface area contributed by atoms with Crippen LogP contribution in [0.4, 0.5) is 5.13 Å². The SMILES string of the molecule is O=C(Cc1cccc(Br)c1)Nc1ncc(Br)s1. The highest BCUT2D eigenvalue weighted by Gasteiger charge is 2.06. The molecule has 0 fully saturated rings. The summed E-state index contributed by atoms with van der Waals surface area (Å²) in [7, 11) is 0. The summed E-state index contributed by atoms with van der Waals surface area (Å²) in [4.78, 5) is 15.8. The van der Waals surface area contributed by atoms with E-state index in [1.807, 2.05) is 24.3 Å². The van der Waals surface area contributed by atoms with Crippen molar-refractivity contribution in [3.8, 4) is 0 Å². The van der Waals surface area contributed by atoms with Crippen LogP contribution in [0.2, 0.25) is 0 Å². The monoisotopic (exact) mass is 374 g/mol. The summed E-state index contributed by atoms with van der Waals surface area (Å²) in [6.45, 7) is 0. The molecule has 0 aliphatic carbocycles. The Morgan fingerprint density at radius 1 is 1.41 bits per heavy atom. The fraction of sp³-hybridized carbons (Fsp3) is 0.0909. The second-order valence-electron chi connectivity index (χ2n) is 3.32. The van der Waals surface area contributed by atoms with Gasteiger partial charge in [0.25, 0.3) is 0 Å². The minimum Gasteiger partial charge on any atom is -0.302 e. The lowest BCUT2D eigenvalue weighted by atomic mass is 10.1. The number of nitrogens with zero attached hydrogens (tertiary/aromatic N) is 1. The zero-order chi connectivity index (χ0) is 12.3. The first-order chi connectivity index (χ1) is 8.13.